The SMILES string of the molecule is CC[C@@H](c1cccc(OC(F)F)c1)N1CCNCC1.Cl. The van der Waals surface area contributed by atoms with Gasteiger partial charge in [0.15, 0.2) is 0 Å². The molecule has 1 heterocycles. The van der Waals surface area contributed by atoms with Gasteiger partial charge in [-0.3, -0.25) is 4.90 Å². The molecule has 0 radical (unpaired) electrons. The van der Waals surface area contributed by atoms with Crippen LogP contribution in [0, 0.1) is 0 Å². The maximum absolute atomic E-state index is 12.2. The molecule has 114 valence electrons. The first kappa shape index (κ1) is 17.1. The van der Waals surface area contributed by atoms with Gasteiger partial charge in [0, 0.05) is 32.2 Å². The van der Waals surface area contributed by atoms with Gasteiger partial charge in [0.1, 0.15) is 5.75 Å². The van der Waals surface area contributed by atoms with Gasteiger partial charge >= 0.3 is 6.61 Å². The average Bonchev–Trinajstić information content (AvgIpc) is 2.40. The number of ether oxygens (including phenoxy) is 1. The molecule has 3 nitrogen and oxygen atoms in total. The number of halogens is 3. The molecule has 1 aliphatic heterocycles. The van der Waals surface area contributed by atoms with Crippen molar-refractivity contribution in [2.45, 2.75) is 26.0 Å². The lowest BCUT2D eigenvalue weighted by Crippen LogP contribution is -2.45. The average molecular weight is 307 g/mol. The van der Waals surface area contributed by atoms with Crippen molar-refractivity contribution in [3.8, 4) is 5.75 Å². The minimum Gasteiger partial charge on any atom is -0.435 e. The number of benzene rings is 1. The van der Waals surface area contributed by atoms with Crippen molar-refractivity contribution in [3.05, 3.63) is 29.8 Å². The van der Waals surface area contributed by atoms with Crippen LogP contribution in [0.25, 0.3) is 0 Å². The first-order valence-corrected chi connectivity index (χ1v) is 6.70. The smallest absolute Gasteiger partial charge is 0.387 e. The second-order valence-corrected chi connectivity index (χ2v) is 4.66. The highest BCUT2D eigenvalue weighted by atomic mass is 35.5. The molecule has 1 aromatic rings. The van der Waals surface area contributed by atoms with Crippen LogP contribution in [0.4, 0.5) is 8.78 Å². The Balaban J connectivity index is 0.00000200. The molecule has 1 fully saturated rings. The summed E-state index contributed by atoms with van der Waals surface area (Å²) in [5.74, 6) is 0.237. The summed E-state index contributed by atoms with van der Waals surface area (Å²) in [6.07, 6.45) is 0.956. The monoisotopic (exact) mass is 306 g/mol. The Kier molecular flexibility index (Phi) is 7.19. The third-order valence-electron chi connectivity index (χ3n) is 3.45. The standard InChI is InChI=1S/C14H20F2N2O.ClH/c1-2-13(18-8-6-17-7-9-18)11-4-3-5-12(10-11)19-14(15)16;/h3-5,10,13-14,17H,2,6-9H2,1H3;1H/t13-;/m0./s1. The third kappa shape index (κ3) is 4.58. The van der Waals surface area contributed by atoms with Crippen LogP contribution in [-0.2, 0) is 0 Å². The van der Waals surface area contributed by atoms with Crippen molar-refractivity contribution in [1.29, 1.82) is 0 Å². The van der Waals surface area contributed by atoms with E-state index in [2.05, 4.69) is 21.9 Å². The zero-order chi connectivity index (χ0) is 13.7. The summed E-state index contributed by atoms with van der Waals surface area (Å²) in [4.78, 5) is 2.39. The maximum atomic E-state index is 12.2. The van der Waals surface area contributed by atoms with Gasteiger partial charge in [0.05, 0.1) is 0 Å². The molecule has 1 saturated heterocycles. The van der Waals surface area contributed by atoms with Crippen LogP contribution in [0.5, 0.6) is 5.75 Å². The molecule has 0 spiro atoms. The van der Waals surface area contributed by atoms with E-state index in [1.54, 1.807) is 18.2 Å². The summed E-state index contributed by atoms with van der Waals surface area (Å²) >= 11 is 0. The minimum absolute atomic E-state index is 0. The molecule has 0 aromatic heterocycles. The molecule has 0 saturated carbocycles. The fourth-order valence-corrected chi connectivity index (χ4v) is 2.60. The van der Waals surface area contributed by atoms with Crippen molar-refractivity contribution in [2.75, 3.05) is 26.2 Å². The van der Waals surface area contributed by atoms with Gasteiger partial charge in [0.2, 0.25) is 0 Å². The summed E-state index contributed by atoms with van der Waals surface area (Å²) in [5, 5.41) is 3.32. The van der Waals surface area contributed by atoms with Crippen LogP contribution in [0.3, 0.4) is 0 Å². The van der Waals surface area contributed by atoms with Gasteiger partial charge in [-0.1, -0.05) is 19.1 Å². The van der Waals surface area contributed by atoms with E-state index in [0.717, 1.165) is 38.2 Å². The highest BCUT2D eigenvalue weighted by molar-refractivity contribution is 5.85. The van der Waals surface area contributed by atoms with Crippen LogP contribution in [0.1, 0.15) is 24.9 Å². The second-order valence-electron chi connectivity index (χ2n) is 4.66. The molecular weight excluding hydrogens is 286 g/mol. The molecule has 20 heavy (non-hydrogen) atoms. The van der Waals surface area contributed by atoms with E-state index < -0.39 is 6.61 Å². The zero-order valence-corrected chi connectivity index (χ0v) is 12.3. The maximum Gasteiger partial charge on any atom is 0.387 e. The number of nitrogens with one attached hydrogen (secondary N) is 1. The van der Waals surface area contributed by atoms with Crippen LogP contribution in [-0.4, -0.2) is 37.7 Å². The fraction of sp³-hybridized carbons (Fsp3) is 0.571. The van der Waals surface area contributed by atoms with Crippen LogP contribution >= 0.6 is 12.4 Å². The van der Waals surface area contributed by atoms with E-state index in [-0.39, 0.29) is 24.2 Å². The largest absolute Gasteiger partial charge is 0.435 e. The van der Waals surface area contributed by atoms with E-state index in [9.17, 15) is 8.78 Å². The Morgan fingerprint density at radius 1 is 1.30 bits per heavy atom. The van der Waals surface area contributed by atoms with E-state index in [1.165, 1.54) is 0 Å². The van der Waals surface area contributed by atoms with Crippen molar-refractivity contribution >= 4 is 12.4 Å². The lowest BCUT2D eigenvalue weighted by molar-refractivity contribution is -0.0499. The van der Waals surface area contributed by atoms with Crippen molar-refractivity contribution in [2.24, 2.45) is 0 Å². The normalized spacial score (nSPS) is 17.6. The highest BCUT2D eigenvalue weighted by Crippen LogP contribution is 2.27. The molecule has 0 unspecified atom stereocenters. The number of piperazine rings is 1. The Morgan fingerprint density at radius 2 is 2.00 bits per heavy atom. The van der Waals surface area contributed by atoms with Crippen LogP contribution < -0.4 is 10.1 Å². The fourth-order valence-electron chi connectivity index (χ4n) is 2.60. The molecule has 2 rings (SSSR count). The Morgan fingerprint density at radius 3 is 2.60 bits per heavy atom. The first-order valence-electron chi connectivity index (χ1n) is 6.70. The number of rotatable bonds is 5. The molecular formula is C14H21ClF2N2O. The molecule has 6 heteroatoms. The molecule has 1 aliphatic rings. The summed E-state index contributed by atoms with van der Waals surface area (Å²) in [6.45, 7) is 3.27. The van der Waals surface area contributed by atoms with Gasteiger partial charge in [0.25, 0.3) is 0 Å². The van der Waals surface area contributed by atoms with Gasteiger partial charge in [-0.05, 0) is 24.1 Å². The van der Waals surface area contributed by atoms with Gasteiger partial charge in [-0.2, -0.15) is 8.78 Å². The first-order chi connectivity index (χ1) is 9.20. The third-order valence-corrected chi connectivity index (χ3v) is 3.45. The quantitative estimate of drug-likeness (QED) is 0.905. The molecule has 0 bridgehead atoms. The molecule has 0 amide bonds. The zero-order valence-electron chi connectivity index (χ0n) is 11.5. The number of nitrogens with zero attached hydrogens (tertiary/aromatic N) is 1. The van der Waals surface area contributed by atoms with Crippen molar-refractivity contribution in [3.63, 3.8) is 0 Å². The number of alkyl halides is 2. The lowest BCUT2D eigenvalue weighted by Gasteiger charge is -2.34. The highest BCUT2D eigenvalue weighted by Gasteiger charge is 2.21. The van der Waals surface area contributed by atoms with E-state index in [4.69, 9.17) is 0 Å². The summed E-state index contributed by atoms with van der Waals surface area (Å²) in [6, 6.07) is 7.32. The molecule has 1 N–H and O–H groups in total. The lowest BCUT2D eigenvalue weighted by atomic mass is 10.0. The molecule has 1 aromatic carbocycles. The molecule has 0 aliphatic carbocycles. The predicted octanol–water partition coefficient (Wildman–Crippen LogP) is 3.07. The van der Waals surface area contributed by atoms with Crippen LogP contribution in [0.15, 0.2) is 24.3 Å². The van der Waals surface area contributed by atoms with Gasteiger partial charge in [-0.15, -0.1) is 12.4 Å². The van der Waals surface area contributed by atoms with Gasteiger partial charge < -0.3 is 10.1 Å². The summed E-state index contributed by atoms with van der Waals surface area (Å²) in [5.41, 5.74) is 1.04. The predicted molar refractivity (Wildman–Crippen MR) is 77.8 cm³/mol. The Bertz CT molecular complexity index is 401. The summed E-state index contributed by atoms with van der Waals surface area (Å²) in [7, 11) is 0. The van der Waals surface area contributed by atoms with Crippen LogP contribution in [0.2, 0.25) is 0 Å². The number of hydrogen-bond donors (Lipinski definition) is 1. The number of hydrogen-bond acceptors (Lipinski definition) is 3. The van der Waals surface area contributed by atoms with E-state index in [1.807, 2.05) is 6.07 Å². The topological polar surface area (TPSA) is 24.5 Å². The molecule has 1 atom stereocenters. The summed E-state index contributed by atoms with van der Waals surface area (Å²) < 4.78 is 29.0. The van der Waals surface area contributed by atoms with E-state index in [0.29, 0.717) is 0 Å². The van der Waals surface area contributed by atoms with Crippen molar-refractivity contribution < 1.29 is 13.5 Å². The van der Waals surface area contributed by atoms with Gasteiger partial charge in [-0.25, -0.2) is 0 Å². The Hall–Kier alpha value is -0.910. The van der Waals surface area contributed by atoms with E-state index >= 15 is 0 Å². The second kappa shape index (κ2) is 8.39. The van der Waals surface area contributed by atoms with Crippen molar-refractivity contribution in [1.82, 2.24) is 10.2 Å². The minimum atomic E-state index is -2.77. The Labute approximate surface area is 124 Å².